The predicted octanol–water partition coefficient (Wildman–Crippen LogP) is 9.39. The summed E-state index contributed by atoms with van der Waals surface area (Å²) in [5.41, 5.74) is -5.62. The van der Waals surface area contributed by atoms with Crippen LogP contribution in [-0.4, -0.2) is 54.9 Å². The Morgan fingerprint density at radius 1 is 0.867 bits per heavy atom. The van der Waals surface area contributed by atoms with Crippen molar-refractivity contribution in [2.75, 3.05) is 13.6 Å². The van der Waals surface area contributed by atoms with E-state index in [1.54, 1.807) is 0 Å². The Hall–Kier alpha value is -2.92. The molecule has 2 aromatic carbocycles. The van der Waals surface area contributed by atoms with E-state index in [-0.39, 0.29) is 28.1 Å². The highest BCUT2D eigenvalue weighted by Crippen LogP contribution is 2.43. The molecule has 2 amide bonds. The Kier molecular flexibility index (Phi) is 11.8. The highest BCUT2D eigenvalue weighted by atomic mass is 35.5. The van der Waals surface area contributed by atoms with Crippen molar-refractivity contribution in [2.24, 2.45) is 0 Å². The van der Waals surface area contributed by atoms with Gasteiger partial charge in [0.2, 0.25) is 5.91 Å². The number of benzene rings is 2. The number of hydrogen-bond acceptors (Lipinski definition) is 2. The average molecular weight is 730 g/mol. The molecule has 2 aromatic rings. The second-order valence-electron chi connectivity index (χ2n) is 9.23. The first kappa shape index (κ1) is 38.3. The summed E-state index contributed by atoms with van der Waals surface area (Å²) in [6.45, 7) is -1.98. The van der Waals surface area contributed by atoms with Crippen LogP contribution in [0.1, 0.15) is 39.4 Å². The third-order valence-electron chi connectivity index (χ3n) is 5.80. The molecule has 0 heterocycles. The van der Waals surface area contributed by atoms with Crippen LogP contribution in [0.3, 0.4) is 0 Å². The van der Waals surface area contributed by atoms with E-state index in [9.17, 15) is 62.3 Å². The Labute approximate surface area is 259 Å². The SMILES string of the molecule is CN(CC(F)(F)F)C(=O)CC(NC(=O)c1ccc(/C(F)=C/C(c2cc(Cl)c(Cl)c(Cl)c2)C(F)(F)F)cc1C(F)(F)F)C(F)(F)F. The maximum Gasteiger partial charge on any atom is 0.417 e. The van der Waals surface area contributed by atoms with Crippen molar-refractivity contribution in [3.05, 3.63) is 73.7 Å². The zero-order valence-corrected chi connectivity index (χ0v) is 24.1. The molecule has 20 heteroatoms. The van der Waals surface area contributed by atoms with Crippen molar-refractivity contribution in [3.63, 3.8) is 0 Å². The van der Waals surface area contributed by atoms with Crippen LogP contribution in [0.5, 0.6) is 0 Å². The molecular formula is C25H16Cl3F13N2O2. The lowest BCUT2D eigenvalue weighted by Gasteiger charge is -2.25. The summed E-state index contributed by atoms with van der Waals surface area (Å²) in [4.78, 5) is 24.3. The Morgan fingerprint density at radius 2 is 1.40 bits per heavy atom. The van der Waals surface area contributed by atoms with Crippen molar-refractivity contribution in [2.45, 2.75) is 43.1 Å². The standard InChI is InChI=1S/C25H16Cl3F13N2O2/c1-43(9-22(30,31)32)19(44)8-18(25(39,40)41)42-21(45)12-3-2-10(4-14(12)24(36,37)38)17(29)7-13(23(33,34)35)11-5-15(26)20(28)16(27)6-11/h2-7,13,18H,8-9H2,1H3,(H,42,45)/b17-7-. The van der Waals surface area contributed by atoms with Gasteiger partial charge >= 0.3 is 24.7 Å². The first-order chi connectivity index (χ1) is 20.2. The minimum absolute atomic E-state index is 0.145. The van der Waals surface area contributed by atoms with Crippen LogP contribution in [0.4, 0.5) is 57.1 Å². The molecule has 0 bridgehead atoms. The molecule has 2 unspecified atom stereocenters. The Bertz CT molecular complexity index is 1430. The fraction of sp³-hybridized carbons (Fsp3) is 0.360. The molecule has 0 radical (unpaired) electrons. The molecular weight excluding hydrogens is 714 g/mol. The second kappa shape index (κ2) is 13.8. The van der Waals surface area contributed by atoms with Crippen LogP contribution in [0, 0.1) is 0 Å². The lowest BCUT2D eigenvalue weighted by Crippen LogP contribution is -2.49. The third kappa shape index (κ3) is 10.6. The number of rotatable bonds is 8. The molecule has 2 rings (SSSR count). The molecule has 0 saturated heterocycles. The highest BCUT2D eigenvalue weighted by Gasteiger charge is 2.45. The van der Waals surface area contributed by atoms with E-state index in [0.29, 0.717) is 25.2 Å². The van der Waals surface area contributed by atoms with Gasteiger partial charge in [-0.3, -0.25) is 9.59 Å². The topological polar surface area (TPSA) is 49.4 Å². The van der Waals surface area contributed by atoms with E-state index >= 15 is 4.39 Å². The van der Waals surface area contributed by atoms with Crippen LogP contribution in [0.15, 0.2) is 36.4 Å². The molecule has 250 valence electrons. The van der Waals surface area contributed by atoms with E-state index in [4.69, 9.17) is 34.8 Å². The zero-order chi connectivity index (χ0) is 34.9. The number of carbonyl (C=O) groups excluding carboxylic acids is 2. The lowest BCUT2D eigenvalue weighted by atomic mass is 9.95. The van der Waals surface area contributed by atoms with E-state index in [2.05, 4.69) is 0 Å². The second-order valence-corrected chi connectivity index (χ2v) is 10.4. The van der Waals surface area contributed by atoms with E-state index in [1.807, 2.05) is 0 Å². The van der Waals surface area contributed by atoms with Gasteiger partial charge in [0.25, 0.3) is 5.91 Å². The summed E-state index contributed by atoms with van der Waals surface area (Å²) >= 11 is 17.1. The number of alkyl halides is 12. The normalized spacial score (nSPS) is 14.6. The van der Waals surface area contributed by atoms with E-state index in [1.165, 1.54) is 0 Å². The summed E-state index contributed by atoms with van der Waals surface area (Å²) in [6.07, 6.45) is -23.4. The fourth-order valence-electron chi connectivity index (χ4n) is 3.67. The first-order valence-corrected chi connectivity index (χ1v) is 12.8. The number of amides is 2. The van der Waals surface area contributed by atoms with Gasteiger partial charge < -0.3 is 10.2 Å². The minimum Gasteiger partial charge on any atom is -0.340 e. The van der Waals surface area contributed by atoms with Crippen molar-refractivity contribution in [1.82, 2.24) is 10.2 Å². The zero-order valence-electron chi connectivity index (χ0n) is 21.8. The third-order valence-corrected chi connectivity index (χ3v) is 6.99. The molecule has 0 fully saturated rings. The van der Waals surface area contributed by atoms with Crippen molar-refractivity contribution in [1.29, 1.82) is 0 Å². The van der Waals surface area contributed by atoms with Gasteiger partial charge in [-0.2, -0.15) is 52.7 Å². The number of hydrogen-bond donors (Lipinski definition) is 1. The van der Waals surface area contributed by atoms with Crippen LogP contribution < -0.4 is 5.32 Å². The van der Waals surface area contributed by atoms with Gasteiger partial charge in [-0.05, 0) is 35.9 Å². The van der Waals surface area contributed by atoms with Crippen molar-refractivity contribution >= 4 is 52.4 Å². The number of halogens is 16. The molecule has 0 aromatic heterocycles. The summed E-state index contributed by atoms with van der Waals surface area (Å²) in [7, 11) is 0.493. The van der Waals surface area contributed by atoms with E-state index < -0.39 is 99.6 Å². The van der Waals surface area contributed by atoms with Gasteiger partial charge in [-0.25, -0.2) is 4.39 Å². The molecule has 1 N–H and O–H groups in total. The predicted molar refractivity (Wildman–Crippen MR) is 136 cm³/mol. The molecule has 45 heavy (non-hydrogen) atoms. The molecule has 0 spiro atoms. The van der Waals surface area contributed by atoms with Gasteiger partial charge in [0.1, 0.15) is 24.3 Å². The minimum atomic E-state index is -5.60. The number of nitrogens with zero attached hydrogens (tertiary/aromatic N) is 1. The number of carbonyl (C=O) groups is 2. The van der Waals surface area contributed by atoms with Crippen molar-refractivity contribution < 1.29 is 66.7 Å². The highest BCUT2D eigenvalue weighted by molar-refractivity contribution is 6.48. The summed E-state index contributed by atoms with van der Waals surface area (Å²) < 4.78 is 176. The van der Waals surface area contributed by atoms with Gasteiger partial charge in [0, 0.05) is 12.6 Å². The monoisotopic (exact) mass is 728 g/mol. The molecule has 4 nitrogen and oxygen atoms in total. The largest absolute Gasteiger partial charge is 0.417 e. The van der Waals surface area contributed by atoms with Gasteiger partial charge in [0.05, 0.1) is 32.6 Å². The molecule has 0 aliphatic rings. The number of allylic oxidation sites excluding steroid dienone is 1. The average Bonchev–Trinajstić information content (AvgIpc) is 2.86. The van der Waals surface area contributed by atoms with Crippen LogP contribution in [0.2, 0.25) is 15.1 Å². The van der Waals surface area contributed by atoms with Gasteiger partial charge in [-0.1, -0.05) is 40.9 Å². The molecule has 0 aliphatic carbocycles. The lowest BCUT2D eigenvalue weighted by molar-refractivity contribution is -0.170. The van der Waals surface area contributed by atoms with E-state index in [0.717, 1.165) is 5.32 Å². The van der Waals surface area contributed by atoms with Gasteiger partial charge in [-0.15, -0.1) is 0 Å². The molecule has 2 atom stereocenters. The fourth-order valence-corrected chi connectivity index (χ4v) is 4.29. The van der Waals surface area contributed by atoms with Crippen LogP contribution in [-0.2, 0) is 11.0 Å². The summed E-state index contributed by atoms with van der Waals surface area (Å²) in [5, 5.41) is -0.199. The first-order valence-electron chi connectivity index (χ1n) is 11.7. The van der Waals surface area contributed by atoms with Crippen LogP contribution >= 0.6 is 34.8 Å². The summed E-state index contributed by atoms with van der Waals surface area (Å²) in [5.74, 6) is -8.67. The Balaban J connectivity index is 2.51. The van der Waals surface area contributed by atoms with Crippen LogP contribution in [0.25, 0.3) is 5.83 Å². The molecule has 0 aliphatic heterocycles. The van der Waals surface area contributed by atoms with Gasteiger partial charge in [0.15, 0.2) is 0 Å². The molecule has 0 saturated carbocycles. The maximum atomic E-state index is 15.0. The maximum absolute atomic E-state index is 15.0. The Morgan fingerprint density at radius 3 is 1.84 bits per heavy atom. The number of nitrogens with one attached hydrogen (secondary N) is 1. The summed E-state index contributed by atoms with van der Waals surface area (Å²) in [6, 6.07) is -1.55. The quantitative estimate of drug-likeness (QED) is 0.218. The van der Waals surface area contributed by atoms with Crippen molar-refractivity contribution in [3.8, 4) is 0 Å². The smallest absolute Gasteiger partial charge is 0.340 e.